The molecule has 0 saturated carbocycles. The Bertz CT molecular complexity index is 1470. The number of nitrogens with zero attached hydrogens (tertiary/aromatic N) is 2. The van der Waals surface area contributed by atoms with Crippen LogP contribution in [0.25, 0.3) is 10.6 Å². The number of carbonyl (C=O) groups is 3. The van der Waals surface area contributed by atoms with E-state index >= 15 is 0 Å². The molecule has 0 bridgehead atoms. The number of anilines is 2. The zero-order valence-corrected chi connectivity index (χ0v) is 20.7. The van der Waals surface area contributed by atoms with E-state index in [0.717, 1.165) is 11.3 Å². The van der Waals surface area contributed by atoms with E-state index in [1.54, 1.807) is 18.2 Å². The Morgan fingerprint density at radius 1 is 0.917 bits per heavy atom. The molecule has 12 heteroatoms. The highest BCUT2D eigenvalue weighted by Gasteiger charge is 2.18. The minimum absolute atomic E-state index is 0.0659. The van der Waals surface area contributed by atoms with E-state index in [0.29, 0.717) is 15.7 Å². The van der Waals surface area contributed by atoms with Crippen molar-refractivity contribution in [3.63, 3.8) is 0 Å². The molecular formula is C24H16Cl2N4O5S. The molecule has 3 aromatic carbocycles. The van der Waals surface area contributed by atoms with Crippen LogP contribution in [0.4, 0.5) is 10.8 Å². The lowest BCUT2D eigenvalue weighted by Gasteiger charge is -2.10. The van der Waals surface area contributed by atoms with Crippen LogP contribution < -0.4 is 10.6 Å². The Hall–Kier alpha value is -3.99. The maximum atomic E-state index is 12.6. The number of ether oxygens (including phenoxy) is 1. The average molecular weight is 543 g/mol. The van der Waals surface area contributed by atoms with Gasteiger partial charge in [0.15, 0.2) is 5.01 Å². The van der Waals surface area contributed by atoms with Gasteiger partial charge < -0.3 is 15.2 Å². The Balaban J connectivity index is 1.45. The number of rotatable bonds is 6. The first kappa shape index (κ1) is 25.1. The summed E-state index contributed by atoms with van der Waals surface area (Å²) < 4.78 is 4.73. The number of halogens is 2. The first-order valence-electron chi connectivity index (χ1n) is 10.2. The van der Waals surface area contributed by atoms with E-state index in [2.05, 4.69) is 20.8 Å². The quantitative estimate of drug-likeness (QED) is 0.274. The van der Waals surface area contributed by atoms with Gasteiger partial charge in [0.1, 0.15) is 5.75 Å². The maximum Gasteiger partial charge on any atom is 0.339 e. The molecule has 1 heterocycles. The normalized spacial score (nSPS) is 10.5. The summed E-state index contributed by atoms with van der Waals surface area (Å²) in [5, 5.41) is 24.2. The Morgan fingerprint density at radius 3 is 2.22 bits per heavy atom. The summed E-state index contributed by atoms with van der Waals surface area (Å²) in [6.07, 6.45) is 0. The van der Waals surface area contributed by atoms with Crippen LogP contribution in [0.2, 0.25) is 10.0 Å². The van der Waals surface area contributed by atoms with E-state index in [1.807, 2.05) is 0 Å². The molecule has 0 saturated heterocycles. The molecule has 3 N–H and O–H groups in total. The van der Waals surface area contributed by atoms with Crippen molar-refractivity contribution in [2.45, 2.75) is 0 Å². The molecule has 0 atom stereocenters. The van der Waals surface area contributed by atoms with Crippen molar-refractivity contribution in [2.75, 3.05) is 17.7 Å². The molecular weight excluding hydrogens is 527 g/mol. The van der Waals surface area contributed by atoms with Gasteiger partial charge in [-0.2, -0.15) is 0 Å². The van der Waals surface area contributed by atoms with E-state index < -0.39 is 17.8 Å². The van der Waals surface area contributed by atoms with Crippen LogP contribution in [0.1, 0.15) is 31.1 Å². The highest BCUT2D eigenvalue weighted by molar-refractivity contribution is 7.18. The van der Waals surface area contributed by atoms with Gasteiger partial charge in [-0.25, -0.2) is 4.79 Å². The zero-order valence-electron chi connectivity index (χ0n) is 18.4. The number of phenols is 1. The number of esters is 1. The third-order valence-electron chi connectivity index (χ3n) is 4.89. The fourth-order valence-electron chi connectivity index (χ4n) is 3.13. The van der Waals surface area contributed by atoms with Crippen LogP contribution in [0.5, 0.6) is 5.75 Å². The lowest BCUT2D eigenvalue weighted by Crippen LogP contribution is -2.16. The number of methoxy groups -OCH3 is 1. The largest absolute Gasteiger partial charge is 0.506 e. The van der Waals surface area contributed by atoms with E-state index in [1.165, 1.54) is 49.6 Å². The minimum atomic E-state index is -0.577. The van der Waals surface area contributed by atoms with Crippen molar-refractivity contribution in [3.8, 4) is 16.3 Å². The Kier molecular flexibility index (Phi) is 7.49. The summed E-state index contributed by atoms with van der Waals surface area (Å²) in [4.78, 5) is 37.2. The van der Waals surface area contributed by atoms with Crippen LogP contribution in [0.15, 0.2) is 60.7 Å². The summed E-state index contributed by atoms with van der Waals surface area (Å²) in [5.74, 6) is -1.72. The number of para-hydroxylation sites is 1. The maximum absolute atomic E-state index is 12.6. The number of hydrogen-bond donors (Lipinski definition) is 3. The summed E-state index contributed by atoms with van der Waals surface area (Å²) in [6, 6.07) is 15.2. The van der Waals surface area contributed by atoms with Gasteiger partial charge in [-0.1, -0.05) is 46.7 Å². The molecule has 1 aromatic heterocycles. The number of benzene rings is 3. The smallest absolute Gasteiger partial charge is 0.339 e. The van der Waals surface area contributed by atoms with Crippen LogP contribution in [-0.2, 0) is 4.74 Å². The Morgan fingerprint density at radius 2 is 1.56 bits per heavy atom. The van der Waals surface area contributed by atoms with Gasteiger partial charge in [0.05, 0.1) is 28.9 Å². The first-order valence-corrected chi connectivity index (χ1v) is 11.8. The number of nitrogens with one attached hydrogen (secondary N) is 2. The van der Waals surface area contributed by atoms with Crippen molar-refractivity contribution in [3.05, 3.63) is 87.4 Å². The standard InChI is InChI=1S/C24H16Cl2N4O5S/c1-35-23(34)15-4-2-3-5-18(15)27-20(32)12-6-8-13(9-7-12)21(33)28-24-30-29-22(36-24)16-10-14(25)11-17(26)19(16)31/h2-11,31H,1H3,(H,27,32)(H,28,30,33). The molecule has 4 rings (SSSR count). The summed E-state index contributed by atoms with van der Waals surface area (Å²) in [7, 11) is 1.25. The van der Waals surface area contributed by atoms with Gasteiger partial charge in [-0.3, -0.25) is 14.9 Å². The molecule has 9 nitrogen and oxygen atoms in total. The second-order valence-corrected chi connectivity index (χ2v) is 9.04. The number of hydrogen-bond acceptors (Lipinski definition) is 8. The monoisotopic (exact) mass is 542 g/mol. The lowest BCUT2D eigenvalue weighted by molar-refractivity contribution is 0.0601. The molecule has 4 aromatic rings. The van der Waals surface area contributed by atoms with Crippen molar-refractivity contribution in [1.29, 1.82) is 0 Å². The average Bonchev–Trinajstić information content (AvgIpc) is 3.34. The van der Waals surface area contributed by atoms with Gasteiger partial charge in [0.2, 0.25) is 5.13 Å². The van der Waals surface area contributed by atoms with Crippen LogP contribution in [-0.4, -0.2) is 40.2 Å². The summed E-state index contributed by atoms with van der Waals surface area (Å²) in [5.41, 5.74) is 1.35. The topological polar surface area (TPSA) is 131 Å². The first-order chi connectivity index (χ1) is 17.3. The molecule has 0 aliphatic rings. The van der Waals surface area contributed by atoms with E-state index in [-0.39, 0.29) is 38.2 Å². The number of amides is 2. The summed E-state index contributed by atoms with van der Waals surface area (Å²) in [6.45, 7) is 0. The van der Waals surface area contributed by atoms with Gasteiger partial charge in [-0.05, 0) is 48.5 Å². The molecule has 0 aliphatic carbocycles. The number of aromatic hydroxyl groups is 1. The van der Waals surface area contributed by atoms with Gasteiger partial charge in [0, 0.05) is 16.1 Å². The lowest BCUT2D eigenvalue weighted by atomic mass is 10.1. The van der Waals surface area contributed by atoms with Crippen molar-refractivity contribution in [1.82, 2.24) is 10.2 Å². The third-order valence-corrected chi connectivity index (χ3v) is 6.27. The van der Waals surface area contributed by atoms with Gasteiger partial charge in [0.25, 0.3) is 11.8 Å². The second kappa shape index (κ2) is 10.7. The molecule has 0 aliphatic heterocycles. The molecule has 0 fully saturated rings. The fraction of sp³-hybridized carbons (Fsp3) is 0.0417. The molecule has 2 amide bonds. The van der Waals surface area contributed by atoms with Crippen molar-refractivity contribution in [2.24, 2.45) is 0 Å². The number of phenolic OH excluding ortho intramolecular Hbond substituents is 1. The third kappa shape index (κ3) is 5.46. The van der Waals surface area contributed by atoms with E-state index in [4.69, 9.17) is 27.9 Å². The molecule has 36 heavy (non-hydrogen) atoms. The van der Waals surface area contributed by atoms with Crippen molar-refractivity contribution >= 4 is 63.1 Å². The van der Waals surface area contributed by atoms with Gasteiger partial charge >= 0.3 is 5.97 Å². The predicted octanol–water partition coefficient (Wildman–Crippen LogP) is 5.51. The van der Waals surface area contributed by atoms with Crippen LogP contribution in [0, 0.1) is 0 Å². The molecule has 0 unspecified atom stereocenters. The minimum Gasteiger partial charge on any atom is -0.506 e. The molecule has 0 radical (unpaired) electrons. The number of aromatic nitrogens is 2. The number of carbonyl (C=O) groups excluding carboxylic acids is 3. The zero-order chi connectivity index (χ0) is 25.8. The van der Waals surface area contributed by atoms with Crippen molar-refractivity contribution < 1.29 is 24.2 Å². The SMILES string of the molecule is COC(=O)c1ccccc1NC(=O)c1ccc(C(=O)Nc2nnc(-c3cc(Cl)cc(Cl)c3O)s2)cc1. The molecule has 0 spiro atoms. The fourth-order valence-corrected chi connectivity index (χ4v) is 4.38. The van der Waals surface area contributed by atoms with Crippen LogP contribution >= 0.6 is 34.5 Å². The van der Waals surface area contributed by atoms with Crippen LogP contribution in [0.3, 0.4) is 0 Å². The Labute approximate surface area is 218 Å². The highest BCUT2D eigenvalue weighted by atomic mass is 35.5. The highest BCUT2D eigenvalue weighted by Crippen LogP contribution is 2.39. The predicted molar refractivity (Wildman–Crippen MR) is 137 cm³/mol. The second-order valence-electron chi connectivity index (χ2n) is 7.22. The summed E-state index contributed by atoms with van der Waals surface area (Å²) >= 11 is 13.0. The van der Waals surface area contributed by atoms with E-state index in [9.17, 15) is 19.5 Å². The van der Waals surface area contributed by atoms with Gasteiger partial charge in [-0.15, -0.1) is 10.2 Å². The molecule has 182 valence electrons.